The Hall–Kier alpha value is -1.68. The summed E-state index contributed by atoms with van der Waals surface area (Å²) in [5.41, 5.74) is 0.364. The maximum absolute atomic E-state index is 12.9. The monoisotopic (exact) mass is 430 g/mol. The number of likely N-dealkylation sites (tertiary alicyclic amines) is 1. The number of amides is 2. The Kier molecular flexibility index (Phi) is 7.82. The summed E-state index contributed by atoms with van der Waals surface area (Å²) in [5, 5.41) is 5.76. The van der Waals surface area contributed by atoms with Crippen LogP contribution in [0.25, 0.3) is 0 Å². The molecule has 2 N–H and O–H groups in total. The zero-order chi connectivity index (χ0) is 19.4. The minimum atomic E-state index is -3.81. The Labute approximate surface area is 172 Å². The molecule has 2 saturated heterocycles. The van der Waals surface area contributed by atoms with Gasteiger partial charge >= 0.3 is 0 Å². The first-order valence-electron chi connectivity index (χ1n) is 9.22. The third kappa shape index (κ3) is 5.02. The highest BCUT2D eigenvalue weighted by Gasteiger charge is 2.30. The maximum Gasteiger partial charge on any atom is 0.253 e. The molecule has 1 aromatic rings. The molecule has 1 unspecified atom stereocenters. The van der Waals surface area contributed by atoms with Crippen molar-refractivity contribution in [3.05, 3.63) is 29.8 Å². The number of halogens is 1. The molecular formula is C18H27ClN4O4S. The Balaban J connectivity index is 0.00000280. The van der Waals surface area contributed by atoms with E-state index in [0.29, 0.717) is 24.6 Å². The van der Waals surface area contributed by atoms with Gasteiger partial charge in [-0.3, -0.25) is 9.59 Å². The summed E-state index contributed by atoms with van der Waals surface area (Å²) in [6.07, 6.45) is 2.02. The largest absolute Gasteiger partial charge is 0.354 e. The van der Waals surface area contributed by atoms with Crippen molar-refractivity contribution in [2.24, 2.45) is 5.92 Å². The van der Waals surface area contributed by atoms with E-state index < -0.39 is 10.0 Å². The molecule has 156 valence electrons. The van der Waals surface area contributed by atoms with Gasteiger partial charge in [0.2, 0.25) is 15.9 Å². The highest BCUT2D eigenvalue weighted by Crippen LogP contribution is 2.21. The van der Waals surface area contributed by atoms with E-state index in [1.165, 1.54) is 12.1 Å². The normalized spacial score (nSPS) is 21.0. The average molecular weight is 431 g/mol. The first kappa shape index (κ1) is 22.6. The van der Waals surface area contributed by atoms with Gasteiger partial charge < -0.3 is 15.5 Å². The summed E-state index contributed by atoms with van der Waals surface area (Å²) in [5.74, 6) is -0.0586. The number of carbonyl (C=O) groups is 2. The lowest BCUT2D eigenvalue weighted by Crippen LogP contribution is -2.49. The molecule has 0 spiro atoms. The van der Waals surface area contributed by atoms with Crippen molar-refractivity contribution in [3.63, 3.8) is 0 Å². The number of sulfonamides is 1. The van der Waals surface area contributed by atoms with Crippen LogP contribution in [0.3, 0.4) is 0 Å². The minimum absolute atomic E-state index is 0. The zero-order valence-electron chi connectivity index (χ0n) is 15.9. The molecule has 0 aliphatic carbocycles. The quantitative estimate of drug-likeness (QED) is 0.700. The maximum atomic E-state index is 12.9. The van der Waals surface area contributed by atoms with E-state index in [1.807, 2.05) is 7.05 Å². The molecule has 0 bridgehead atoms. The molecule has 2 aliphatic rings. The van der Waals surface area contributed by atoms with Crippen molar-refractivity contribution in [3.8, 4) is 0 Å². The van der Waals surface area contributed by atoms with Gasteiger partial charge in [-0.15, -0.1) is 12.4 Å². The number of nitrogens with one attached hydrogen (secondary N) is 2. The zero-order valence-corrected chi connectivity index (χ0v) is 17.5. The number of hydrogen-bond donors (Lipinski definition) is 2. The molecule has 8 nitrogen and oxygen atoms in total. The van der Waals surface area contributed by atoms with Crippen LogP contribution in [0, 0.1) is 5.92 Å². The molecule has 0 saturated carbocycles. The van der Waals surface area contributed by atoms with Crippen molar-refractivity contribution >= 4 is 34.2 Å². The van der Waals surface area contributed by atoms with Crippen LogP contribution < -0.4 is 10.6 Å². The second-order valence-electron chi connectivity index (χ2n) is 7.03. The van der Waals surface area contributed by atoms with Gasteiger partial charge in [-0.2, -0.15) is 4.31 Å². The van der Waals surface area contributed by atoms with E-state index in [1.54, 1.807) is 17.0 Å². The van der Waals surface area contributed by atoms with Crippen molar-refractivity contribution in [2.45, 2.75) is 17.7 Å². The second-order valence-corrected chi connectivity index (χ2v) is 8.97. The van der Waals surface area contributed by atoms with Crippen molar-refractivity contribution in [1.29, 1.82) is 0 Å². The van der Waals surface area contributed by atoms with Crippen LogP contribution in [0.4, 0.5) is 0 Å². The van der Waals surface area contributed by atoms with E-state index in [0.717, 1.165) is 23.7 Å². The summed E-state index contributed by atoms with van der Waals surface area (Å²) < 4.78 is 26.8. The Morgan fingerprint density at radius 2 is 2.11 bits per heavy atom. The number of piperazine rings is 1. The summed E-state index contributed by atoms with van der Waals surface area (Å²) in [7, 11) is -1.91. The molecule has 28 heavy (non-hydrogen) atoms. The van der Waals surface area contributed by atoms with E-state index in [2.05, 4.69) is 10.6 Å². The smallest absolute Gasteiger partial charge is 0.253 e. The molecule has 0 radical (unpaired) electrons. The Morgan fingerprint density at radius 1 is 1.32 bits per heavy atom. The number of rotatable bonds is 5. The van der Waals surface area contributed by atoms with Crippen LogP contribution in [-0.2, 0) is 14.8 Å². The van der Waals surface area contributed by atoms with Crippen LogP contribution in [0.2, 0.25) is 0 Å². The molecule has 2 fully saturated rings. The predicted molar refractivity (Wildman–Crippen MR) is 108 cm³/mol. The average Bonchev–Trinajstić information content (AvgIpc) is 2.68. The summed E-state index contributed by atoms with van der Waals surface area (Å²) in [6.45, 7) is 2.53. The summed E-state index contributed by atoms with van der Waals surface area (Å²) in [6, 6.07) is 6.12. The minimum Gasteiger partial charge on any atom is -0.354 e. The lowest BCUT2D eigenvalue weighted by molar-refractivity contribution is -0.122. The fraction of sp³-hybridized carbons (Fsp3) is 0.556. The first-order chi connectivity index (χ1) is 12.9. The van der Waals surface area contributed by atoms with Gasteiger partial charge in [0.05, 0.1) is 11.4 Å². The number of hydrogen-bond acceptors (Lipinski definition) is 5. The van der Waals surface area contributed by atoms with Crippen LogP contribution in [0.5, 0.6) is 0 Å². The second kappa shape index (κ2) is 9.69. The predicted octanol–water partition coefficient (Wildman–Crippen LogP) is 0.301. The van der Waals surface area contributed by atoms with E-state index >= 15 is 0 Å². The molecule has 1 atom stereocenters. The molecule has 2 amide bonds. The fourth-order valence-corrected chi connectivity index (χ4v) is 5.09. The van der Waals surface area contributed by atoms with Gasteiger partial charge in [-0.1, -0.05) is 6.07 Å². The fourth-order valence-electron chi connectivity index (χ4n) is 3.65. The van der Waals surface area contributed by atoms with Crippen LogP contribution >= 0.6 is 12.4 Å². The Bertz CT molecular complexity index is 816. The third-order valence-corrected chi connectivity index (χ3v) is 6.86. The number of piperidine rings is 1. The van der Waals surface area contributed by atoms with Gasteiger partial charge in [0.1, 0.15) is 0 Å². The molecular weight excluding hydrogens is 404 g/mol. The van der Waals surface area contributed by atoms with Gasteiger partial charge in [-0.05, 0) is 50.6 Å². The Morgan fingerprint density at radius 3 is 2.82 bits per heavy atom. The van der Waals surface area contributed by atoms with Gasteiger partial charge in [0, 0.05) is 31.7 Å². The van der Waals surface area contributed by atoms with Crippen LogP contribution in [-0.4, -0.2) is 75.8 Å². The molecule has 3 rings (SSSR count). The SMILES string of the molecule is CNCC1CCCN(C(=O)c2cccc(S(=O)(=O)N3CCNC(=O)C3)c2)C1.Cl. The van der Waals surface area contributed by atoms with Crippen LogP contribution in [0.1, 0.15) is 23.2 Å². The van der Waals surface area contributed by atoms with Crippen molar-refractivity contribution in [1.82, 2.24) is 19.8 Å². The summed E-state index contributed by atoms with van der Waals surface area (Å²) in [4.78, 5) is 26.3. The third-order valence-electron chi connectivity index (χ3n) is 5.02. The van der Waals surface area contributed by atoms with E-state index in [-0.39, 0.29) is 48.8 Å². The molecule has 2 aliphatic heterocycles. The van der Waals surface area contributed by atoms with Gasteiger partial charge in [0.15, 0.2) is 0 Å². The van der Waals surface area contributed by atoms with Crippen molar-refractivity contribution < 1.29 is 18.0 Å². The lowest BCUT2D eigenvalue weighted by Gasteiger charge is -2.33. The van der Waals surface area contributed by atoms with Crippen LogP contribution in [0.15, 0.2) is 29.2 Å². The highest BCUT2D eigenvalue weighted by atomic mass is 35.5. The number of benzene rings is 1. The number of carbonyl (C=O) groups excluding carboxylic acids is 2. The van der Waals surface area contributed by atoms with E-state index in [4.69, 9.17) is 0 Å². The number of nitrogens with zero attached hydrogens (tertiary/aromatic N) is 2. The molecule has 1 aromatic carbocycles. The van der Waals surface area contributed by atoms with Crippen molar-refractivity contribution in [2.75, 3.05) is 46.3 Å². The standard InChI is InChI=1S/C18H26N4O4S.ClH/c1-19-11-14-4-3-8-21(12-14)18(24)15-5-2-6-16(10-15)27(25,26)22-9-7-20-17(23)13-22;/h2,5-6,10,14,19H,3-4,7-9,11-13H2,1H3,(H,20,23);1H. The molecule has 10 heteroatoms. The summed E-state index contributed by atoms with van der Waals surface area (Å²) >= 11 is 0. The first-order valence-corrected chi connectivity index (χ1v) is 10.7. The van der Waals surface area contributed by atoms with E-state index in [9.17, 15) is 18.0 Å². The van der Waals surface area contributed by atoms with Gasteiger partial charge in [-0.25, -0.2) is 8.42 Å². The lowest BCUT2D eigenvalue weighted by atomic mass is 9.97. The topological polar surface area (TPSA) is 98.8 Å². The highest BCUT2D eigenvalue weighted by molar-refractivity contribution is 7.89. The molecule has 0 aromatic heterocycles. The van der Waals surface area contributed by atoms with Gasteiger partial charge in [0.25, 0.3) is 5.91 Å². The molecule has 2 heterocycles.